The molecule has 0 fully saturated rings. The highest BCUT2D eigenvalue weighted by Gasteiger charge is 1.89. The fraction of sp³-hybridized carbons (Fsp3) is 0.154. The highest BCUT2D eigenvalue weighted by molar-refractivity contribution is 5.76. The molecule has 1 heterocycles. The maximum absolute atomic E-state index is 4.35. The molecule has 1 aromatic carbocycles. The van der Waals surface area contributed by atoms with Crippen LogP contribution in [0.25, 0.3) is 0 Å². The average Bonchev–Trinajstić information content (AvgIpc) is 2.79. The van der Waals surface area contributed by atoms with Crippen LogP contribution in [0.1, 0.15) is 11.3 Å². The summed E-state index contributed by atoms with van der Waals surface area (Å²) >= 11 is 0. The lowest BCUT2D eigenvalue weighted by molar-refractivity contribution is 0.972. The lowest BCUT2D eigenvalue weighted by Gasteiger charge is -1.95. The molecule has 1 N–H and O–H groups in total. The number of benzene rings is 1. The van der Waals surface area contributed by atoms with Crippen LogP contribution in [0.5, 0.6) is 0 Å². The van der Waals surface area contributed by atoms with E-state index in [4.69, 9.17) is 0 Å². The van der Waals surface area contributed by atoms with Gasteiger partial charge in [-0.1, -0.05) is 30.3 Å². The molecule has 0 radical (unpaired) electrons. The first-order valence-electron chi connectivity index (χ1n) is 5.12. The molecule has 15 heavy (non-hydrogen) atoms. The van der Waals surface area contributed by atoms with Crippen molar-refractivity contribution < 1.29 is 0 Å². The predicted molar refractivity (Wildman–Crippen MR) is 63.4 cm³/mol. The Hall–Kier alpha value is -1.83. The number of H-pyrrole nitrogens is 1. The summed E-state index contributed by atoms with van der Waals surface area (Å²) in [6.07, 6.45) is 4.78. The zero-order valence-corrected chi connectivity index (χ0v) is 8.56. The second-order valence-corrected chi connectivity index (χ2v) is 3.40. The van der Waals surface area contributed by atoms with Crippen molar-refractivity contribution in [3.05, 3.63) is 59.9 Å². The molecule has 2 rings (SSSR count). The van der Waals surface area contributed by atoms with Gasteiger partial charge in [-0.15, -0.1) is 0 Å². The zero-order chi connectivity index (χ0) is 10.3. The Morgan fingerprint density at radius 3 is 2.67 bits per heavy atom. The first kappa shape index (κ1) is 9.71. The third kappa shape index (κ3) is 3.09. The lowest BCUT2D eigenvalue weighted by Crippen LogP contribution is -1.90. The molecule has 0 saturated carbocycles. The number of nitrogens with one attached hydrogen (secondary N) is 1. The van der Waals surface area contributed by atoms with Gasteiger partial charge in [-0.05, 0) is 24.1 Å². The first-order valence-corrected chi connectivity index (χ1v) is 5.12. The predicted octanol–water partition coefficient (Wildman–Crippen LogP) is 2.68. The van der Waals surface area contributed by atoms with E-state index in [-0.39, 0.29) is 0 Å². The summed E-state index contributed by atoms with van der Waals surface area (Å²) in [5.74, 6) is 0. The molecule has 2 heteroatoms. The van der Waals surface area contributed by atoms with Crippen molar-refractivity contribution in [2.75, 3.05) is 6.54 Å². The van der Waals surface area contributed by atoms with Crippen molar-refractivity contribution in [3.63, 3.8) is 0 Å². The summed E-state index contributed by atoms with van der Waals surface area (Å²) in [6, 6.07) is 14.4. The van der Waals surface area contributed by atoms with Gasteiger partial charge in [-0.25, -0.2) is 0 Å². The van der Waals surface area contributed by atoms with Gasteiger partial charge in [0.25, 0.3) is 0 Å². The summed E-state index contributed by atoms with van der Waals surface area (Å²) in [6.45, 7) is 0.836. The van der Waals surface area contributed by atoms with Crippen LogP contribution in [0.15, 0.2) is 53.7 Å². The number of nitrogens with zero attached hydrogens (tertiary/aromatic N) is 1. The molecule has 1 aromatic heterocycles. The second-order valence-electron chi connectivity index (χ2n) is 3.40. The Morgan fingerprint density at radius 1 is 1.07 bits per heavy atom. The molecule has 0 spiro atoms. The van der Waals surface area contributed by atoms with E-state index in [9.17, 15) is 0 Å². The van der Waals surface area contributed by atoms with Crippen molar-refractivity contribution in [2.45, 2.75) is 6.42 Å². The first-order chi connectivity index (χ1) is 7.45. The molecular weight excluding hydrogens is 184 g/mol. The normalized spacial score (nSPS) is 10.9. The van der Waals surface area contributed by atoms with E-state index in [2.05, 4.69) is 34.2 Å². The molecule has 0 aliphatic rings. The average molecular weight is 198 g/mol. The summed E-state index contributed by atoms with van der Waals surface area (Å²) in [5, 5.41) is 0. The Labute approximate surface area is 89.7 Å². The number of hydrogen-bond donors (Lipinski definition) is 1. The minimum Gasteiger partial charge on any atom is -0.360 e. The van der Waals surface area contributed by atoms with Gasteiger partial charge in [0.2, 0.25) is 0 Å². The third-order valence-electron chi connectivity index (χ3n) is 2.22. The van der Waals surface area contributed by atoms with Crippen LogP contribution >= 0.6 is 0 Å². The second kappa shape index (κ2) is 5.15. The van der Waals surface area contributed by atoms with Gasteiger partial charge >= 0.3 is 0 Å². The van der Waals surface area contributed by atoms with Gasteiger partial charge in [0.05, 0.1) is 5.69 Å². The zero-order valence-electron chi connectivity index (χ0n) is 8.56. The standard InChI is InChI=1S/C13H14N2/c1-2-5-12(6-3-1)8-10-14-11-13-7-4-9-15-13/h1-7,9,11,15H,8,10H2. The van der Waals surface area contributed by atoms with Crippen molar-refractivity contribution in [1.82, 2.24) is 4.98 Å². The van der Waals surface area contributed by atoms with Crippen molar-refractivity contribution in [2.24, 2.45) is 4.99 Å². The van der Waals surface area contributed by atoms with Gasteiger partial charge in [0.15, 0.2) is 0 Å². The summed E-state index contributed by atoms with van der Waals surface area (Å²) in [4.78, 5) is 7.44. The Bertz CT molecular complexity index is 401. The molecular formula is C13H14N2. The highest BCUT2D eigenvalue weighted by atomic mass is 14.7. The van der Waals surface area contributed by atoms with Crippen molar-refractivity contribution in [3.8, 4) is 0 Å². The molecule has 0 bridgehead atoms. The number of aromatic nitrogens is 1. The maximum Gasteiger partial charge on any atom is 0.0561 e. The lowest BCUT2D eigenvalue weighted by atomic mass is 10.2. The van der Waals surface area contributed by atoms with Gasteiger partial charge in [0.1, 0.15) is 0 Å². The quantitative estimate of drug-likeness (QED) is 0.732. The van der Waals surface area contributed by atoms with Gasteiger partial charge in [-0.2, -0.15) is 0 Å². The van der Waals surface area contributed by atoms with Crippen LogP contribution in [-0.2, 0) is 6.42 Å². The number of aliphatic imine (C=N–C) groups is 1. The number of aromatic amines is 1. The van der Waals surface area contributed by atoms with E-state index in [1.54, 1.807) is 0 Å². The van der Waals surface area contributed by atoms with Crippen LogP contribution in [0.4, 0.5) is 0 Å². The third-order valence-corrected chi connectivity index (χ3v) is 2.22. The smallest absolute Gasteiger partial charge is 0.0561 e. The Morgan fingerprint density at radius 2 is 1.93 bits per heavy atom. The van der Waals surface area contributed by atoms with Gasteiger partial charge in [-0.3, -0.25) is 4.99 Å². The molecule has 0 atom stereocenters. The summed E-state index contributed by atoms with van der Waals surface area (Å²) < 4.78 is 0. The van der Waals surface area contributed by atoms with E-state index in [0.29, 0.717) is 0 Å². The van der Waals surface area contributed by atoms with Crippen molar-refractivity contribution in [1.29, 1.82) is 0 Å². The Balaban J connectivity index is 1.80. The van der Waals surface area contributed by atoms with Crippen LogP contribution in [0, 0.1) is 0 Å². The van der Waals surface area contributed by atoms with E-state index < -0.39 is 0 Å². The van der Waals surface area contributed by atoms with Crippen LogP contribution < -0.4 is 0 Å². The number of rotatable bonds is 4. The van der Waals surface area contributed by atoms with E-state index in [1.807, 2.05) is 30.6 Å². The largest absolute Gasteiger partial charge is 0.360 e. The number of hydrogen-bond acceptors (Lipinski definition) is 1. The van der Waals surface area contributed by atoms with Crippen molar-refractivity contribution >= 4 is 6.21 Å². The minimum atomic E-state index is 0.836. The molecule has 0 unspecified atom stereocenters. The van der Waals surface area contributed by atoms with E-state index in [1.165, 1.54) is 5.56 Å². The minimum absolute atomic E-state index is 0.836. The Kier molecular flexibility index (Phi) is 3.34. The fourth-order valence-corrected chi connectivity index (χ4v) is 1.43. The molecule has 0 saturated heterocycles. The highest BCUT2D eigenvalue weighted by Crippen LogP contribution is 1.99. The molecule has 2 aromatic rings. The molecule has 2 nitrogen and oxygen atoms in total. The van der Waals surface area contributed by atoms with Crippen LogP contribution in [-0.4, -0.2) is 17.7 Å². The summed E-state index contributed by atoms with van der Waals surface area (Å²) in [5.41, 5.74) is 2.39. The van der Waals surface area contributed by atoms with Crippen LogP contribution in [0.3, 0.4) is 0 Å². The molecule has 0 aliphatic heterocycles. The monoisotopic (exact) mass is 198 g/mol. The SMILES string of the molecule is C(=NCCc1ccccc1)c1ccc[nH]1. The van der Waals surface area contributed by atoms with Gasteiger partial charge in [0, 0.05) is 19.0 Å². The maximum atomic E-state index is 4.35. The fourth-order valence-electron chi connectivity index (χ4n) is 1.43. The van der Waals surface area contributed by atoms with Gasteiger partial charge < -0.3 is 4.98 Å². The molecule has 0 aliphatic carbocycles. The molecule has 76 valence electrons. The molecule has 0 amide bonds. The summed E-state index contributed by atoms with van der Waals surface area (Å²) in [7, 11) is 0. The topological polar surface area (TPSA) is 28.1 Å². The van der Waals surface area contributed by atoms with E-state index >= 15 is 0 Å². The van der Waals surface area contributed by atoms with E-state index in [0.717, 1.165) is 18.7 Å². The van der Waals surface area contributed by atoms with Crippen LogP contribution in [0.2, 0.25) is 0 Å².